The zero-order chi connectivity index (χ0) is 12.3. The maximum atomic E-state index is 11.7. The number of rotatable bonds is 3. The second-order valence-corrected chi connectivity index (χ2v) is 4.89. The van der Waals surface area contributed by atoms with E-state index in [4.69, 9.17) is 5.73 Å². The van der Waals surface area contributed by atoms with E-state index in [1.807, 2.05) is 0 Å². The quantitative estimate of drug-likeness (QED) is 0.832. The van der Waals surface area contributed by atoms with Crippen LogP contribution < -0.4 is 11.1 Å². The van der Waals surface area contributed by atoms with Gasteiger partial charge in [-0.05, 0) is 24.3 Å². The van der Waals surface area contributed by atoms with Crippen molar-refractivity contribution in [2.45, 2.75) is 12.8 Å². The summed E-state index contributed by atoms with van der Waals surface area (Å²) >= 11 is 1.28. The molecular formula is C11H15N3O2S. The molecule has 0 unspecified atom stereocenters. The summed E-state index contributed by atoms with van der Waals surface area (Å²) in [6, 6.07) is 1.68. The van der Waals surface area contributed by atoms with Gasteiger partial charge in [-0.2, -0.15) is 0 Å². The first-order valence-electron chi connectivity index (χ1n) is 5.57. The van der Waals surface area contributed by atoms with Crippen LogP contribution in [0.1, 0.15) is 22.5 Å². The summed E-state index contributed by atoms with van der Waals surface area (Å²) in [6.07, 6.45) is 2.11. The molecule has 2 heterocycles. The van der Waals surface area contributed by atoms with E-state index in [0.29, 0.717) is 10.6 Å². The summed E-state index contributed by atoms with van der Waals surface area (Å²) in [5.74, 6) is -0.295. The lowest BCUT2D eigenvalue weighted by Crippen LogP contribution is -2.38. The molecule has 92 valence electrons. The largest absolute Gasteiger partial charge is 0.397 e. The average molecular weight is 253 g/mol. The molecule has 1 aromatic heterocycles. The molecule has 0 aliphatic carbocycles. The Morgan fingerprint density at radius 2 is 2.12 bits per heavy atom. The number of nitrogens with zero attached hydrogens (tertiary/aromatic N) is 1. The Balaban J connectivity index is 1.84. The molecule has 1 saturated heterocycles. The number of likely N-dealkylation sites (tertiary alicyclic amines) is 1. The highest BCUT2D eigenvalue weighted by molar-refractivity contribution is 7.12. The van der Waals surface area contributed by atoms with E-state index in [2.05, 4.69) is 5.32 Å². The first kappa shape index (κ1) is 11.9. The van der Waals surface area contributed by atoms with Gasteiger partial charge in [-0.15, -0.1) is 11.3 Å². The lowest BCUT2D eigenvalue weighted by atomic mass is 10.3. The van der Waals surface area contributed by atoms with Gasteiger partial charge in [0.15, 0.2) is 0 Å². The molecule has 2 rings (SSSR count). The van der Waals surface area contributed by atoms with Crippen molar-refractivity contribution in [3.05, 3.63) is 16.3 Å². The molecule has 1 fully saturated rings. The molecule has 0 saturated carbocycles. The van der Waals surface area contributed by atoms with Crippen molar-refractivity contribution in [2.75, 3.05) is 25.4 Å². The second-order valence-electron chi connectivity index (χ2n) is 3.98. The van der Waals surface area contributed by atoms with Crippen molar-refractivity contribution in [3.8, 4) is 0 Å². The third kappa shape index (κ3) is 2.76. The summed E-state index contributed by atoms with van der Waals surface area (Å²) in [5, 5.41) is 4.36. The van der Waals surface area contributed by atoms with Crippen molar-refractivity contribution in [1.82, 2.24) is 10.2 Å². The van der Waals surface area contributed by atoms with Gasteiger partial charge in [0.25, 0.3) is 5.91 Å². The van der Waals surface area contributed by atoms with E-state index < -0.39 is 0 Å². The summed E-state index contributed by atoms with van der Waals surface area (Å²) < 4.78 is 0. The summed E-state index contributed by atoms with van der Waals surface area (Å²) in [4.78, 5) is 25.6. The normalized spacial score (nSPS) is 14.9. The van der Waals surface area contributed by atoms with Crippen LogP contribution in [-0.2, 0) is 4.79 Å². The molecular weight excluding hydrogens is 238 g/mol. The minimum absolute atomic E-state index is 0.0222. The first-order chi connectivity index (χ1) is 8.18. The van der Waals surface area contributed by atoms with Crippen LogP contribution in [-0.4, -0.2) is 36.3 Å². The number of nitrogen functional groups attached to an aromatic ring is 1. The van der Waals surface area contributed by atoms with Crippen LogP contribution in [0.3, 0.4) is 0 Å². The highest BCUT2D eigenvalue weighted by atomic mass is 32.1. The van der Waals surface area contributed by atoms with E-state index in [-0.39, 0.29) is 18.4 Å². The van der Waals surface area contributed by atoms with Crippen LogP contribution in [0.5, 0.6) is 0 Å². The first-order valence-corrected chi connectivity index (χ1v) is 6.45. The number of carbonyl (C=O) groups is 2. The molecule has 5 nitrogen and oxygen atoms in total. The van der Waals surface area contributed by atoms with Crippen LogP contribution in [0, 0.1) is 0 Å². The van der Waals surface area contributed by atoms with Crippen LogP contribution in [0.25, 0.3) is 0 Å². The molecule has 0 spiro atoms. The Morgan fingerprint density at radius 3 is 2.71 bits per heavy atom. The smallest absolute Gasteiger partial charge is 0.263 e. The molecule has 0 bridgehead atoms. The van der Waals surface area contributed by atoms with Crippen molar-refractivity contribution < 1.29 is 9.59 Å². The Hall–Kier alpha value is -1.56. The Bertz CT molecular complexity index is 424. The monoisotopic (exact) mass is 253 g/mol. The maximum absolute atomic E-state index is 11.7. The zero-order valence-corrected chi connectivity index (χ0v) is 10.3. The minimum atomic E-state index is -0.273. The van der Waals surface area contributed by atoms with Gasteiger partial charge >= 0.3 is 0 Å². The molecule has 17 heavy (non-hydrogen) atoms. The summed E-state index contributed by atoms with van der Waals surface area (Å²) in [6.45, 7) is 1.65. The Labute approximate surface area is 104 Å². The predicted molar refractivity (Wildman–Crippen MR) is 66.9 cm³/mol. The SMILES string of the molecule is Nc1ccsc1C(=O)NCC(=O)N1CCCC1. The summed E-state index contributed by atoms with van der Waals surface area (Å²) in [5.41, 5.74) is 6.08. The Morgan fingerprint density at radius 1 is 1.41 bits per heavy atom. The van der Waals surface area contributed by atoms with Crippen molar-refractivity contribution in [3.63, 3.8) is 0 Å². The maximum Gasteiger partial charge on any atom is 0.263 e. The fourth-order valence-electron chi connectivity index (χ4n) is 1.82. The molecule has 0 radical (unpaired) electrons. The number of carbonyl (C=O) groups excluding carboxylic acids is 2. The lowest BCUT2D eigenvalue weighted by Gasteiger charge is -2.15. The number of thiophene rings is 1. The van der Waals surface area contributed by atoms with Gasteiger partial charge in [-0.1, -0.05) is 0 Å². The van der Waals surface area contributed by atoms with Gasteiger partial charge in [-0.25, -0.2) is 0 Å². The third-order valence-electron chi connectivity index (χ3n) is 2.76. The average Bonchev–Trinajstić information content (AvgIpc) is 2.95. The topological polar surface area (TPSA) is 75.4 Å². The zero-order valence-electron chi connectivity index (χ0n) is 9.44. The molecule has 2 amide bonds. The van der Waals surface area contributed by atoms with E-state index >= 15 is 0 Å². The van der Waals surface area contributed by atoms with E-state index in [9.17, 15) is 9.59 Å². The molecule has 1 aliphatic heterocycles. The van der Waals surface area contributed by atoms with E-state index in [1.54, 1.807) is 16.3 Å². The molecule has 0 aromatic carbocycles. The van der Waals surface area contributed by atoms with Crippen LogP contribution in [0.15, 0.2) is 11.4 Å². The predicted octanol–water partition coefficient (Wildman–Crippen LogP) is 0.682. The number of anilines is 1. The standard InChI is InChI=1S/C11H15N3O2S/c12-8-3-6-17-10(8)11(16)13-7-9(15)14-4-1-2-5-14/h3,6H,1-2,4-5,7,12H2,(H,13,16). The van der Waals surface area contributed by atoms with Gasteiger partial charge in [0, 0.05) is 13.1 Å². The molecule has 1 aliphatic rings. The number of hydrogen-bond donors (Lipinski definition) is 2. The van der Waals surface area contributed by atoms with Crippen molar-refractivity contribution >= 4 is 28.8 Å². The van der Waals surface area contributed by atoms with Gasteiger partial charge in [0.05, 0.1) is 12.2 Å². The third-order valence-corrected chi connectivity index (χ3v) is 3.69. The Kier molecular flexibility index (Phi) is 3.63. The lowest BCUT2D eigenvalue weighted by molar-refractivity contribution is -0.129. The van der Waals surface area contributed by atoms with Crippen molar-refractivity contribution in [2.24, 2.45) is 0 Å². The number of nitrogens with two attached hydrogens (primary N) is 1. The fraction of sp³-hybridized carbons (Fsp3) is 0.455. The molecule has 0 atom stereocenters. The molecule has 6 heteroatoms. The molecule has 3 N–H and O–H groups in total. The highest BCUT2D eigenvalue weighted by Gasteiger charge is 2.19. The number of hydrogen-bond acceptors (Lipinski definition) is 4. The fourth-order valence-corrected chi connectivity index (χ4v) is 2.55. The van der Waals surface area contributed by atoms with Crippen LogP contribution in [0.2, 0.25) is 0 Å². The van der Waals surface area contributed by atoms with Gasteiger partial charge < -0.3 is 16.0 Å². The second kappa shape index (κ2) is 5.18. The van der Waals surface area contributed by atoms with E-state index in [0.717, 1.165) is 25.9 Å². The van der Waals surface area contributed by atoms with Gasteiger partial charge in [0.1, 0.15) is 4.88 Å². The van der Waals surface area contributed by atoms with Crippen LogP contribution >= 0.6 is 11.3 Å². The molecule has 1 aromatic rings. The van der Waals surface area contributed by atoms with Gasteiger partial charge in [0.2, 0.25) is 5.91 Å². The summed E-state index contributed by atoms with van der Waals surface area (Å²) in [7, 11) is 0. The van der Waals surface area contributed by atoms with E-state index in [1.165, 1.54) is 11.3 Å². The van der Waals surface area contributed by atoms with Crippen molar-refractivity contribution in [1.29, 1.82) is 0 Å². The minimum Gasteiger partial charge on any atom is -0.397 e. The van der Waals surface area contributed by atoms with Crippen LogP contribution in [0.4, 0.5) is 5.69 Å². The van der Waals surface area contributed by atoms with Gasteiger partial charge in [-0.3, -0.25) is 9.59 Å². The number of amides is 2. The highest BCUT2D eigenvalue weighted by Crippen LogP contribution is 2.18. The number of nitrogens with one attached hydrogen (secondary N) is 1.